The summed E-state index contributed by atoms with van der Waals surface area (Å²) in [6.45, 7) is 7.00. The van der Waals surface area contributed by atoms with Crippen LogP contribution >= 0.6 is 11.3 Å². The lowest BCUT2D eigenvalue weighted by molar-refractivity contribution is 0.105. The first-order chi connectivity index (χ1) is 9.63. The molecule has 0 aliphatic carbocycles. The highest BCUT2D eigenvalue weighted by atomic mass is 32.1. The average molecular weight is 288 g/mol. The van der Waals surface area contributed by atoms with Crippen LogP contribution < -0.4 is 0 Å². The molecule has 0 N–H and O–H groups in total. The minimum absolute atomic E-state index is 0.0704. The first kappa shape index (κ1) is 14.7. The van der Waals surface area contributed by atoms with Crippen molar-refractivity contribution in [3.05, 3.63) is 45.4 Å². The minimum atomic E-state index is 0.0704. The van der Waals surface area contributed by atoms with Crippen LogP contribution in [0.5, 0.6) is 0 Å². The van der Waals surface area contributed by atoms with Crippen LogP contribution in [0.3, 0.4) is 0 Å². The van der Waals surface area contributed by atoms with Crippen LogP contribution in [-0.4, -0.2) is 15.6 Å². The Morgan fingerprint density at radius 2 is 2.20 bits per heavy atom. The Labute approximate surface area is 123 Å². The molecule has 4 heteroatoms. The van der Waals surface area contributed by atoms with Crippen LogP contribution in [-0.2, 0) is 13.0 Å². The second-order valence-electron chi connectivity index (χ2n) is 4.74. The quantitative estimate of drug-likeness (QED) is 0.592. The Hall–Kier alpha value is -1.68. The Morgan fingerprint density at radius 1 is 1.40 bits per heavy atom. The highest BCUT2D eigenvalue weighted by Crippen LogP contribution is 2.19. The van der Waals surface area contributed by atoms with Crippen LogP contribution in [0.25, 0.3) is 6.08 Å². The summed E-state index contributed by atoms with van der Waals surface area (Å²) in [7, 11) is 0. The third-order valence-corrected chi connectivity index (χ3v) is 4.28. The number of hydrogen-bond donors (Lipinski definition) is 0. The molecule has 0 spiro atoms. The summed E-state index contributed by atoms with van der Waals surface area (Å²) in [6.07, 6.45) is 7.63. The molecule has 2 aromatic heterocycles. The smallest absolute Gasteiger partial charge is 0.195 e. The first-order valence-corrected chi connectivity index (χ1v) is 7.80. The molecule has 0 atom stereocenters. The number of thiophene rings is 1. The zero-order valence-electron chi connectivity index (χ0n) is 12.2. The number of rotatable bonds is 6. The predicted octanol–water partition coefficient (Wildman–Crippen LogP) is 4.12. The summed E-state index contributed by atoms with van der Waals surface area (Å²) in [5, 5.41) is 4.36. The summed E-state index contributed by atoms with van der Waals surface area (Å²) in [5.41, 5.74) is 1.96. The van der Waals surface area contributed by atoms with E-state index in [1.54, 1.807) is 17.4 Å². The zero-order valence-corrected chi connectivity index (χ0v) is 13.0. The maximum absolute atomic E-state index is 12.1. The van der Waals surface area contributed by atoms with Crippen molar-refractivity contribution in [1.29, 1.82) is 0 Å². The molecule has 2 aromatic rings. The van der Waals surface area contributed by atoms with E-state index in [0.29, 0.717) is 0 Å². The van der Waals surface area contributed by atoms with Crippen molar-refractivity contribution in [2.45, 2.75) is 40.2 Å². The van der Waals surface area contributed by atoms with Gasteiger partial charge in [0.1, 0.15) is 0 Å². The Kier molecular flexibility index (Phi) is 4.90. The molecule has 0 saturated carbocycles. The molecule has 0 aliphatic heterocycles. The number of aromatic nitrogens is 2. The van der Waals surface area contributed by atoms with Gasteiger partial charge < -0.3 is 0 Å². The number of hydrogen-bond acceptors (Lipinski definition) is 3. The van der Waals surface area contributed by atoms with E-state index >= 15 is 0 Å². The molecule has 0 aromatic carbocycles. The molecule has 2 heterocycles. The monoisotopic (exact) mass is 288 g/mol. The Bertz CT molecular complexity index is 622. The van der Waals surface area contributed by atoms with Gasteiger partial charge in [0.05, 0.1) is 10.6 Å². The lowest BCUT2D eigenvalue weighted by Crippen LogP contribution is -1.93. The summed E-state index contributed by atoms with van der Waals surface area (Å²) in [6, 6.07) is 3.97. The van der Waals surface area contributed by atoms with Crippen molar-refractivity contribution >= 4 is 23.2 Å². The molecule has 3 nitrogen and oxygen atoms in total. The highest BCUT2D eigenvalue weighted by Gasteiger charge is 2.07. The number of carbonyl (C=O) groups excluding carboxylic acids is 1. The van der Waals surface area contributed by atoms with Gasteiger partial charge in [-0.25, -0.2) is 0 Å². The van der Waals surface area contributed by atoms with Gasteiger partial charge in [-0.05, 0) is 44.6 Å². The topological polar surface area (TPSA) is 34.9 Å². The van der Waals surface area contributed by atoms with Gasteiger partial charge in [-0.1, -0.05) is 13.3 Å². The van der Waals surface area contributed by atoms with Gasteiger partial charge in [-0.3, -0.25) is 9.48 Å². The molecule has 0 aliphatic rings. The molecule has 0 amide bonds. The maximum atomic E-state index is 12.1. The number of ketones is 1. The minimum Gasteiger partial charge on any atom is -0.288 e. The SMILES string of the molecule is CCCc1ccc(C(=O)/C=C/c2cn(CC)nc2C)s1. The van der Waals surface area contributed by atoms with E-state index in [9.17, 15) is 4.79 Å². The molecule has 2 rings (SSSR count). The Morgan fingerprint density at radius 3 is 2.85 bits per heavy atom. The van der Waals surface area contributed by atoms with Crippen LogP contribution in [0, 0.1) is 6.92 Å². The van der Waals surface area contributed by atoms with E-state index in [-0.39, 0.29) is 5.78 Å². The van der Waals surface area contributed by atoms with Crippen molar-refractivity contribution in [3.8, 4) is 0 Å². The average Bonchev–Trinajstić information content (AvgIpc) is 3.03. The van der Waals surface area contributed by atoms with E-state index in [1.165, 1.54) is 4.88 Å². The van der Waals surface area contributed by atoms with E-state index in [0.717, 1.165) is 35.5 Å². The van der Waals surface area contributed by atoms with Gasteiger partial charge in [0, 0.05) is 23.2 Å². The molecule has 0 unspecified atom stereocenters. The fourth-order valence-electron chi connectivity index (χ4n) is 2.00. The number of nitrogens with zero attached hydrogens (tertiary/aromatic N) is 2. The number of aryl methyl sites for hydroxylation is 3. The molecule has 106 valence electrons. The highest BCUT2D eigenvalue weighted by molar-refractivity contribution is 7.14. The second kappa shape index (κ2) is 6.66. The Balaban J connectivity index is 2.09. The van der Waals surface area contributed by atoms with Gasteiger partial charge >= 0.3 is 0 Å². The number of carbonyl (C=O) groups is 1. The second-order valence-corrected chi connectivity index (χ2v) is 5.91. The summed E-state index contributed by atoms with van der Waals surface area (Å²) in [4.78, 5) is 14.2. The fourth-order valence-corrected chi connectivity index (χ4v) is 3.03. The third kappa shape index (κ3) is 3.45. The lowest BCUT2D eigenvalue weighted by Gasteiger charge is -1.91. The van der Waals surface area contributed by atoms with Gasteiger partial charge in [0.15, 0.2) is 5.78 Å². The molecule has 0 fully saturated rings. The van der Waals surface area contributed by atoms with Crippen molar-refractivity contribution in [2.75, 3.05) is 0 Å². The first-order valence-electron chi connectivity index (χ1n) is 6.99. The third-order valence-electron chi connectivity index (χ3n) is 3.12. The van der Waals surface area contributed by atoms with Gasteiger partial charge in [0.25, 0.3) is 0 Å². The standard InChI is InChI=1S/C16H20N2OS/c1-4-6-14-8-10-16(20-14)15(19)9-7-13-11-18(5-2)17-12(13)3/h7-11H,4-6H2,1-3H3/b9-7+. The van der Waals surface area contributed by atoms with Crippen molar-refractivity contribution in [1.82, 2.24) is 9.78 Å². The van der Waals surface area contributed by atoms with Crippen LogP contribution in [0.2, 0.25) is 0 Å². The molecule has 0 radical (unpaired) electrons. The van der Waals surface area contributed by atoms with Crippen molar-refractivity contribution in [2.24, 2.45) is 0 Å². The van der Waals surface area contributed by atoms with E-state index in [4.69, 9.17) is 0 Å². The number of allylic oxidation sites excluding steroid dienone is 1. The normalized spacial score (nSPS) is 11.3. The van der Waals surface area contributed by atoms with Gasteiger partial charge in [-0.15, -0.1) is 11.3 Å². The molecule has 20 heavy (non-hydrogen) atoms. The molecular weight excluding hydrogens is 268 g/mol. The largest absolute Gasteiger partial charge is 0.288 e. The summed E-state index contributed by atoms with van der Waals surface area (Å²) >= 11 is 1.59. The molecular formula is C16H20N2OS. The molecule has 0 saturated heterocycles. The maximum Gasteiger partial charge on any atom is 0.195 e. The fraction of sp³-hybridized carbons (Fsp3) is 0.375. The van der Waals surface area contributed by atoms with E-state index in [1.807, 2.05) is 36.9 Å². The van der Waals surface area contributed by atoms with E-state index in [2.05, 4.69) is 18.1 Å². The van der Waals surface area contributed by atoms with Crippen LogP contribution in [0.15, 0.2) is 24.4 Å². The zero-order chi connectivity index (χ0) is 14.5. The molecule has 0 bridgehead atoms. The van der Waals surface area contributed by atoms with E-state index < -0.39 is 0 Å². The summed E-state index contributed by atoms with van der Waals surface area (Å²) < 4.78 is 1.88. The summed E-state index contributed by atoms with van der Waals surface area (Å²) in [5.74, 6) is 0.0704. The van der Waals surface area contributed by atoms with Crippen LogP contribution in [0.1, 0.15) is 46.1 Å². The van der Waals surface area contributed by atoms with Crippen molar-refractivity contribution < 1.29 is 4.79 Å². The van der Waals surface area contributed by atoms with Crippen LogP contribution in [0.4, 0.5) is 0 Å². The lowest BCUT2D eigenvalue weighted by atomic mass is 10.2. The van der Waals surface area contributed by atoms with Gasteiger partial charge in [-0.2, -0.15) is 5.10 Å². The predicted molar refractivity (Wildman–Crippen MR) is 84.3 cm³/mol. The van der Waals surface area contributed by atoms with Gasteiger partial charge in [0.2, 0.25) is 0 Å². The van der Waals surface area contributed by atoms with Crippen molar-refractivity contribution in [3.63, 3.8) is 0 Å².